The molecule has 13 nitrogen and oxygen atoms in total. The van der Waals surface area contributed by atoms with E-state index in [1.54, 1.807) is 18.5 Å². The summed E-state index contributed by atoms with van der Waals surface area (Å²) in [5, 5.41) is 12.8. The molecule has 16 heteroatoms. The molecule has 336 valence electrons. The number of nitrogens with zero attached hydrogens (tertiary/aromatic N) is 7. The van der Waals surface area contributed by atoms with Gasteiger partial charge in [-0.05, 0) is 113 Å². The summed E-state index contributed by atoms with van der Waals surface area (Å²) in [6.07, 6.45) is 9.61. The highest BCUT2D eigenvalue weighted by Gasteiger charge is 2.54. The predicted octanol–water partition coefficient (Wildman–Crippen LogP) is 8.15. The Balaban J connectivity index is 0.697. The van der Waals surface area contributed by atoms with Gasteiger partial charge in [0.2, 0.25) is 11.8 Å². The van der Waals surface area contributed by atoms with Crippen LogP contribution < -0.4 is 15.0 Å². The van der Waals surface area contributed by atoms with Crippen molar-refractivity contribution in [2.45, 2.75) is 70.4 Å². The molecule has 0 bridgehead atoms. The molecular formula is C48H54Cl2FN9O4. The molecule has 1 spiro atoms. The average molecular weight is 911 g/mol. The Kier molecular flexibility index (Phi) is 12.8. The normalized spacial score (nSPS) is 19.0. The van der Waals surface area contributed by atoms with Gasteiger partial charge in [0.15, 0.2) is 0 Å². The first kappa shape index (κ1) is 43.9. The van der Waals surface area contributed by atoms with E-state index >= 15 is 4.39 Å². The first-order chi connectivity index (χ1) is 31.0. The Morgan fingerprint density at radius 2 is 1.69 bits per heavy atom. The molecule has 0 radical (unpaired) electrons. The van der Waals surface area contributed by atoms with E-state index < -0.39 is 6.10 Å². The molecule has 5 aromatic rings. The molecule has 64 heavy (non-hydrogen) atoms. The molecule has 0 saturated carbocycles. The fourth-order valence-electron chi connectivity index (χ4n) is 10.1. The molecule has 7 heterocycles. The third kappa shape index (κ3) is 9.27. The minimum absolute atomic E-state index is 0.0545. The zero-order valence-electron chi connectivity index (χ0n) is 36.2. The van der Waals surface area contributed by atoms with Gasteiger partial charge in [-0.25, -0.2) is 9.37 Å². The van der Waals surface area contributed by atoms with Crippen LogP contribution >= 0.6 is 23.2 Å². The lowest BCUT2D eigenvalue weighted by atomic mass is 9.72. The van der Waals surface area contributed by atoms with E-state index in [2.05, 4.69) is 30.3 Å². The minimum atomic E-state index is -0.396. The zero-order chi connectivity index (χ0) is 44.5. The smallest absolute Gasteiger partial charge is 0.236 e. The van der Waals surface area contributed by atoms with Crippen molar-refractivity contribution < 1.29 is 23.5 Å². The standard InChI is InChI=1S/C48H54Cl2FN9O4/c1-30(4-3-19-61)54-35-6-8-37(41(51)20-35)32-11-15-57(16-12-32)25-44(62)58-17-13-33(14-18-58)47(63)60-28-48(29-60)26-59(27-48)43-10-5-34(22-53-43)46-38-21-36(7-9-42(38)55-56-46)64-31(2)45-39(49)23-52-24-40(45)50/h5-10,19-24,30-33,54H,3-4,11-18,25-29H2,1-2H3,(H,55,56)/t30?,31-/m1/s1. The average Bonchev–Trinajstić information content (AvgIpc) is 3.68. The van der Waals surface area contributed by atoms with Gasteiger partial charge < -0.3 is 29.5 Å². The molecule has 9 rings (SSSR count). The van der Waals surface area contributed by atoms with Crippen LogP contribution in [0.4, 0.5) is 15.9 Å². The molecule has 4 aliphatic rings. The number of fused-ring (bicyclic) bond motifs is 1. The highest BCUT2D eigenvalue weighted by atomic mass is 35.5. The summed E-state index contributed by atoms with van der Waals surface area (Å²) < 4.78 is 21.4. The Bertz CT molecular complexity index is 2470. The van der Waals surface area contributed by atoms with Crippen LogP contribution in [0.1, 0.15) is 75.5 Å². The van der Waals surface area contributed by atoms with Gasteiger partial charge in [0.1, 0.15) is 35.5 Å². The molecule has 1 unspecified atom stereocenters. The molecule has 2 amide bonds. The zero-order valence-corrected chi connectivity index (χ0v) is 37.8. The fourth-order valence-corrected chi connectivity index (χ4v) is 10.7. The lowest BCUT2D eigenvalue weighted by Crippen LogP contribution is -2.73. The van der Waals surface area contributed by atoms with Gasteiger partial charge >= 0.3 is 0 Å². The van der Waals surface area contributed by atoms with E-state index in [9.17, 15) is 14.4 Å². The molecule has 0 aliphatic carbocycles. The third-order valence-electron chi connectivity index (χ3n) is 13.6. The fraction of sp³-hybridized carbons (Fsp3) is 0.458. The maximum Gasteiger partial charge on any atom is 0.236 e. The SMILES string of the molecule is CC(CCC=O)Nc1ccc(C2CCN(CC(=O)N3CCC(C(=O)N4CC5(C4)CN(c4ccc(-c6n[nH]c7ccc(O[C@H](C)c8c(Cl)cncc8Cl)cc67)cn4)C5)CC3)CC2)c(F)c1. The van der Waals surface area contributed by atoms with Gasteiger partial charge in [-0.15, -0.1) is 0 Å². The van der Waals surface area contributed by atoms with Crippen molar-refractivity contribution in [1.29, 1.82) is 0 Å². The van der Waals surface area contributed by atoms with Crippen LogP contribution in [-0.2, 0) is 14.4 Å². The van der Waals surface area contributed by atoms with Crippen molar-refractivity contribution >= 4 is 63.7 Å². The number of hydrogen-bond donors (Lipinski definition) is 2. The number of aromatic nitrogens is 4. The molecule has 2 atom stereocenters. The maximum absolute atomic E-state index is 15.1. The number of anilines is 2. The van der Waals surface area contributed by atoms with E-state index in [0.29, 0.717) is 66.7 Å². The summed E-state index contributed by atoms with van der Waals surface area (Å²) in [6, 6.07) is 15.3. The summed E-state index contributed by atoms with van der Waals surface area (Å²) in [6.45, 7) is 10.1. The summed E-state index contributed by atoms with van der Waals surface area (Å²) in [5.74, 6) is 1.72. The van der Waals surface area contributed by atoms with Crippen molar-refractivity contribution in [3.8, 4) is 17.0 Å². The van der Waals surface area contributed by atoms with Crippen LogP contribution in [-0.4, -0.2) is 118 Å². The van der Waals surface area contributed by atoms with E-state index in [-0.39, 0.29) is 40.9 Å². The van der Waals surface area contributed by atoms with Gasteiger partial charge in [-0.2, -0.15) is 5.10 Å². The highest BCUT2D eigenvalue weighted by Crippen LogP contribution is 2.43. The quantitative estimate of drug-likeness (QED) is 0.105. The van der Waals surface area contributed by atoms with Crippen molar-refractivity contribution in [1.82, 2.24) is 34.9 Å². The van der Waals surface area contributed by atoms with Gasteiger partial charge in [0.25, 0.3) is 0 Å². The van der Waals surface area contributed by atoms with Crippen molar-refractivity contribution in [3.05, 3.63) is 94.1 Å². The van der Waals surface area contributed by atoms with Crippen LogP contribution in [0.3, 0.4) is 0 Å². The number of rotatable bonds is 14. The number of piperidine rings is 2. The molecule has 2 aromatic carbocycles. The third-order valence-corrected chi connectivity index (χ3v) is 14.2. The summed E-state index contributed by atoms with van der Waals surface area (Å²) >= 11 is 12.7. The number of ether oxygens (including phenoxy) is 1. The molecule has 4 fully saturated rings. The van der Waals surface area contributed by atoms with Gasteiger partial charge in [0, 0.05) is 104 Å². The van der Waals surface area contributed by atoms with E-state index in [4.69, 9.17) is 32.9 Å². The molecular weight excluding hydrogens is 856 g/mol. The minimum Gasteiger partial charge on any atom is -0.486 e. The second kappa shape index (κ2) is 18.7. The lowest BCUT2D eigenvalue weighted by molar-refractivity contribution is -0.152. The van der Waals surface area contributed by atoms with Crippen molar-refractivity contribution in [3.63, 3.8) is 0 Å². The van der Waals surface area contributed by atoms with Gasteiger partial charge in [0.05, 0.1) is 22.1 Å². The number of nitrogens with one attached hydrogen (secondary N) is 2. The van der Waals surface area contributed by atoms with Crippen molar-refractivity contribution in [2.75, 3.05) is 69.1 Å². The first-order valence-corrected chi connectivity index (χ1v) is 23.1. The van der Waals surface area contributed by atoms with Crippen LogP contribution in [0.2, 0.25) is 10.0 Å². The monoisotopic (exact) mass is 909 g/mol. The number of hydrogen-bond acceptors (Lipinski definition) is 10. The maximum atomic E-state index is 15.1. The van der Waals surface area contributed by atoms with Crippen LogP contribution in [0, 0.1) is 17.2 Å². The number of amides is 2. The second-order valence-electron chi connectivity index (χ2n) is 18.2. The number of carbonyl (C=O) groups excluding carboxylic acids is 3. The number of aromatic amines is 1. The molecule has 3 aromatic heterocycles. The topological polar surface area (TPSA) is 140 Å². The highest BCUT2D eigenvalue weighted by molar-refractivity contribution is 6.35. The second-order valence-corrected chi connectivity index (χ2v) is 19.1. The van der Waals surface area contributed by atoms with E-state index in [0.717, 1.165) is 97.6 Å². The Morgan fingerprint density at radius 1 is 0.938 bits per heavy atom. The summed E-state index contributed by atoms with van der Waals surface area (Å²) in [4.78, 5) is 54.8. The number of aldehydes is 1. The Hall–Kier alpha value is -5.31. The number of benzene rings is 2. The summed E-state index contributed by atoms with van der Waals surface area (Å²) in [5.41, 5.74) is 4.76. The molecule has 2 N–H and O–H groups in total. The van der Waals surface area contributed by atoms with E-state index in [1.165, 1.54) is 0 Å². The number of pyridine rings is 2. The number of carbonyl (C=O) groups is 3. The van der Waals surface area contributed by atoms with E-state index in [1.807, 2.05) is 72.3 Å². The van der Waals surface area contributed by atoms with Crippen LogP contribution in [0.25, 0.3) is 22.2 Å². The van der Waals surface area contributed by atoms with Crippen LogP contribution in [0.5, 0.6) is 5.75 Å². The number of halogens is 3. The van der Waals surface area contributed by atoms with Crippen LogP contribution in [0.15, 0.2) is 67.1 Å². The van der Waals surface area contributed by atoms with Crippen molar-refractivity contribution in [2.24, 2.45) is 11.3 Å². The van der Waals surface area contributed by atoms with Gasteiger partial charge in [-0.3, -0.25) is 24.6 Å². The van der Waals surface area contributed by atoms with Gasteiger partial charge in [-0.1, -0.05) is 29.3 Å². The predicted molar refractivity (Wildman–Crippen MR) is 246 cm³/mol. The lowest BCUT2D eigenvalue weighted by Gasteiger charge is -2.61. The summed E-state index contributed by atoms with van der Waals surface area (Å²) in [7, 11) is 0. The first-order valence-electron chi connectivity index (χ1n) is 22.4. The Labute approximate surface area is 382 Å². The molecule has 4 saturated heterocycles. The number of H-pyrrole nitrogens is 1. The largest absolute Gasteiger partial charge is 0.486 e. The Morgan fingerprint density at radius 3 is 2.38 bits per heavy atom. The molecule has 4 aliphatic heterocycles. The number of likely N-dealkylation sites (tertiary alicyclic amines) is 3.